The highest BCUT2D eigenvalue weighted by Gasteiger charge is 2.25. The number of aromatic hydroxyl groups is 1. The van der Waals surface area contributed by atoms with Crippen LogP contribution < -0.4 is 10.6 Å². The summed E-state index contributed by atoms with van der Waals surface area (Å²) in [5.74, 6) is -0.204. The molecule has 0 aromatic heterocycles. The zero-order valence-corrected chi connectivity index (χ0v) is 15.7. The lowest BCUT2D eigenvalue weighted by atomic mass is 9.70. The largest absolute Gasteiger partial charge is 0.506 e. The average Bonchev–Trinajstić information content (AvgIpc) is 2.65. The Labute approximate surface area is 157 Å². The molecule has 26 heavy (non-hydrogen) atoms. The molecule has 0 bridgehead atoms. The fraction of sp³-hybridized carbons (Fsp3) is 0.429. The number of unbranched alkanes of at least 4 members (excludes halogenated alkanes) is 1. The number of rotatable bonds is 10. The van der Waals surface area contributed by atoms with Gasteiger partial charge in [-0.05, 0) is 48.6 Å². The van der Waals surface area contributed by atoms with Crippen LogP contribution in [-0.2, 0) is 0 Å². The summed E-state index contributed by atoms with van der Waals surface area (Å²) in [7, 11) is 6.02. The number of hydrogen-bond donors (Lipinski definition) is 3. The number of para-hydroxylation sites is 2. The summed E-state index contributed by atoms with van der Waals surface area (Å²) in [6, 6.07) is 11.8. The predicted molar refractivity (Wildman–Crippen MR) is 109 cm³/mol. The number of hydrogen-bond acceptors (Lipinski definition) is 3. The average molecular weight is 354 g/mol. The Morgan fingerprint density at radius 2 is 1.88 bits per heavy atom. The number of benzene rings is 2. The van der Waals surface area contributed by atoms with E-state index in [1.165, 1.54) is 6.07 Å². The second kappa shape index (κ2) is 9.51. The zero-order chi connectivity index (χ0) is 19.0. The van der Waals surface area contributed by atoms with Crippen LogP contribution in [0.25, 0.3) is 0 Å². The standard InChI is InChI=1S/C21H28BFN2O/c1-3-5-12-21(4-2,14-22)15-24-18-11-10-16(13-17(18)23)25-19-8-6-7-9-20(19)26/h6-11,13,24-26H,3-5,12,14-15H2,1-2H3. The molecule has 138 valence electrons. The molecule has 0 aliphatic rings. The van der Waals surface area contributed by atoms with E-state index in [0.717, 1.165) is 25.7 Å². The van der Waals surface area contributed by atoms with Gasteiger partial charge >= 0.3 is 0 Å². The van der Waals surface area contributed by atoms with E-state index in [2.05, 4.69) is 24.5 Å². The Bertz CT molecular complexity index is 704. The monoisotopic (exact) mass is 354 g/mol. The van der Waals surface area contributed by atoms with E-state index in [4.69, 9.17) is 7.85 Å². The Balaban J connectivity index is 2.06. The second-order valence-electron chi connectivity index (χ2n) is 6.85. The number of halogens is 1. The molecular weight excluding hydrogens is 326 g/mol. The zero-order valence-electron chi connectivity index (χ0n) is 15.7. The lowest BCUT2D eigenvalue weighted by Crippen LogP contribution is -2.29. The first-order valence-corrected chi connectivity index (χ1v) is 9.32. The molecule has 0 amide bonds. The lowest BCUT2D eigenvalue weighted by Gasteiger charge is -2.33. The van der Waals surface area contributed by atoms with Crippen LogP contribution in [0.3, 0.4) is 0 Å². The topological polar surface area (TPSA) is 44.3 Å². The summed E-state index contributed by atoms with van der Waals surface area (Å²) >= 11 is 0. The van der Waals surface area contributed by atoms with E-state index < -0.39 is 0 Å². The van der Waals surface area contributed by atoms with Crippen LogP contribution >= 0.6 is 0 Å². The maximum Gasteiger partial charge on any atom is 0.148 e. The first kappa shape index (κ1) is 20.2. The van der Waals surface area contributed by atoms with Gasteiger partial charge in [0.25, 0.3) is 0 Å². The molecule has 0 saturated heterocycles. The highest BCUT2D eigenvalue weighted by atomic mass is 19.1. The van der Waals surface area contributed by atoms with Crippen LogP contribution in [0.2, 0.25) is 6.32 Å². The summed E-state index contributed by atoms with van der Waals surface area (Å²) in [5.41, 5.74) is 1.59. The molecule has 0 heterocycles. The molecule has 1 atom stereocenters. The van der Waals surface area contributed by atoms with Crippen molar-refractivity contribution in [1.82, 2.24) is 0 Å². The molecule has 0 saturated carbocycles. The number of anilines is 3. The molecule has 0 aliphatic heterocycles. The Kier molecular flexibility index (Phi) is 7.37. The quantitative estimate of drug-likeness (QED) is 0.370. The fourth-order valence-electron chi connectivity index (χ4n) is 3.01. The van der Waals surface area contributed by atoms with Gasteiger partial charge in [0, 0.05) is 12.2 Å². The van der Waals surface area contributed by atoms with Gasteiger partial charge in [-0.1, -0.05) is 45.1 Å². The molecule has 3 nitrogen and oxygen atoms in total. The number of phenolic OH excluding ortho intramolecular Hbond substituents is 1. The first-order valence-electron chi connectivity index (χ1n) is 9.32. The summed E-state index contributed by atoms with van der Waals surface area (Å²) in [5, 5.41) is 16.1. The minimum absolute atomic E-state index is 0.00476. The molecule has 2 radical (unpaired) electrons. The second-order valence-corrected chi connectivity index (χ2v) is 6.85. The van der Waals surface area contributed by atoms with Crippen LogP contribution in [0, 0.1) is 11.2 Å². The van der Waals surface area contributed by atoms with E-state index in [1.807, 2.05) is 6.07 Å². The van der Waals surface area contributed by atoms with E-state index in [-0.39, 0.29) is 17.0 Å². The van der Waals surface area contributed by atoms with Gasteiger partial charge in [0.05, 0.1) is 19.2 Å². The van der Waals surface area contributed by atoms with Crippen LogP contribution in [0.4, 0.5) is 21.5 Å². The van der Waals surface area contributed by atoms with Crippen molar-refractivity contribution in [3.63, 3.8) is 0 Å². The van der Waals surface area contributed by atoms with E-state index >= 15 is 0 Å². The molecular formula is C21H28BFN2O. The van der Waals surface area contributed by atoms with Crippen molar-refractivity contribution in [2.45, 2.75) is 45.9 Å². The molecule has 2 aromatic rings. The van der Waals surface area contributed by atoms with Crippen molar-refractivity contribution >= 4 is 24.9 Å². The summed E-state index contributed by atoms with van der Waals surface area (Å²) in [6.45, 7) is 4.96. The summed E-state index contributed by atoms with van der Waals surface area (Å²) in [4.78, 5) is 0. The van der Waals surface area contributed by atoms with Crippen molar-refractivity contribution in [3.05, 3.63) is 48.3 Å². The SMILES string of the molecule is [B]CC(CC)(CCCC)CNc1ccc(Nc2ccccc2O)cc1F. The minimum atomic E-state index is -0.331. The molecule has 0 fully saturated rings. The van der Waals surface area contributed by atoms with Gasteiger partial charge in [-0.15, -0.1) is 0 Å². The van der Waals surface area contributed by atoms with Gasteiger partial charge in [0.15, 0.2) is 0 Å². The van der Waals surface area contributed by atoms with Gasteiger partial charge in [-0.25, -0.2) is 4.39 Å². The van der Waals surface area contributed by atoms with E-state index in [1.54, 1.807) is 30.3 Å². The predicted octanol–water partition coefficient (Wildman–Crippen LogP) is 5.86. The molecule has 2 aromatic carbocycles. The smallest absolute Gasteiger partial charge is 0.148 e. The number of nitrogens with one attached hydrogen (secondary N) is 2. The highest BCUT2D eigenvalue weighted by molar-refractivity contribution is 6.09. The highest BCUT2D eigenvalue weighted by Crippen LogP contribution is 2.33. The normalized spacial score (nSPS) is 13.2. The van der Waals surface area contributed by atoms with Gasteiger partial charge in [0.1, 0.15) is 11.6 Å². The van der Waals surface area contributed by atoms with E-state index in [9.17, 15) is 9.50 Å². The molecule has 5 heteroatoms. The minimum Gasteiger partial charge on any atom is -0.506 e. The van der Waals surface area contributed by atoms with Crippen molar-refractivity contribution < 1.29 is 9.50 Å². The van der Waals surface area contributed by atoms with E-state index in [0.29, 0.717) is 29.9 Å². The molecule has 0 spiro atoms. The molecule has 0 aliphatic carbocycles. The van der Waals surface area contributed by atoms with Crippen LogP contribution in [0.15, 0.2) is 42.5 Å². The maximum atomic E-state index is 14.5. The van der Waals surface area contributed by atoms with Crippen molar-refractivity contribution in [1.29, 1.82) is 0 Å². The first-order chi connectivity index (χ1) is 12.5. The maximum absolute atomic E-state index is 14.5. The van der Waals surface area contributed by atoms with Crippen molar-refractivity contribution in [2.75, 3.05) is 17.2 Å². The van der Waals surface area contributed by atoms with Gasteiger partial charge < -0.3 is 15.7 Å². The lowest BCUT2D eigenvalue weighted by molar-refractivity contribution is 0.296. The Morgan fingerprint density at radius 1 is 1.12 bits per heavy atom. The molecule has 1 unspecified atom stereocenters. The third-order valence-corrected chi connectivity index (χ3v) is 5.05. The third-order valence-electron chi connectivity index (χ3n) is 5.05. The van der Waals surface area contributed by atoms with Gasteiger partial charge in [-0.2, -0.15) is 0 Å². The van der Waals surface area contributed by atoms with Gasteiger partial charge in [0.2, 0.25) is 0 Å². The van der Waals surface area contributed by atoms with Crippen LogP contribution in [0.5, 0.6) is 5.75 Å². The molecule has 3 N–H and O–H groups in total. The summed E-state index contributed by atoms with van der Waals surface area (Å²) in [6.07, 6.45) is 4.84. The number of phenols is 1. The Morgan fingerprint density at radius 3 is 2.50 bits per heavy atom. The fourth-order valence-corrected chi connectivity index (χ4v) is 3.01. The van der Waals surface area contributed by atoms with Crippen molar-refractivity contribution in [3.8, 4) is 5.75 Å². The Hall–Kier alpha value is -2.17. The van der Waals surface area contributed by atoms with Crippen LogP contribution in [-0.4, -0.2) is 19.5 Å². The summed E-state index contributed by atoms with van der Waals surface area (Å²) < 4.78 is 14.5. The third kappa shape index (κ3) is 5.17. The molecule has 2 rings (SSSR count). The van der Waals surface area contributed by atoms with Crippen LogP contribution in [0.1, 0.15) is 39.5 Å². The van der Waals surface area contributed by atoms with Gasteiger partial charge in [-0.3, -0.25) is 0 Å². The van der Waals surface area contributed by atoms with Crippen molar-refractivity contribution in [2.24, 2.45) is 5.41 Å².